The number of fused-ring (bicyclic) bond motifs is 1. The van der Waals surface area contributed by atoms with Crippen molar-refractivity contribution in [3.05, 3.63) is 59.2 Å². The predicted molar refractivity (Wildman–Crippen MR) is 108 cm³/mol. The Morgan fingerprint density at radius 2 is 1.96 bits per heavy atom. The number of rotatable bonds is 4. The minimum absolute atomic E-state index is 0.0562. The molecule has 0 spiro atoms. The van der Waals surface area contributed by atoms with Gasteiger partial charge in [-0.1, -0.05) is 23.4 Å². The van der Waals surface area contributed by atoms with Crippen LogP contribution in [0.25, 0.3) is 33.3 Å². The summed E-state index contributed by atoms with van der Waals surface area (Å²) in [4.78, 5) is 20.3. The first-order valence-electron chi connectivity index (χ1n) is 9.59. The van der Waals surface area contributed by atoms with E-state index in [1.165, 1.54) is 12.8 Å². The number of nitrogens with zero attached hydrogens (tertiary/aromatic N) is 2. The van der Waals surface area contributed by atoms with Gasteiger partial charge in [-0.15, -0.1) is 0 Å². The molecule has 0 radical (unpaired) electrons. The van der Waals surface area contributed by atoms with Crippen LogP contribution < -0.4 is 0 Å². The summed E-state index contributed by atoms with van der Waals surface area (Å²) in [6.07, 6.45) is 2.37. The molecule has 0 bridgehead atoms. The Hall–Kier alpha value is -3.21. The molecule has 5 heteroatoms. The maximum absolute atomic E-state index is 11.9. The second-order valence-corrected chi connectivity index (χ2v) is 7.65. The summed E-state index contributed by atoms with van der Waals surface area (Å²) in [7, 11) is 0. The minimum Gasteiger partial charge on any atom is -0.361 e. The maximum Gasteiger partial charge on any atom is 0.159 e. The van der Waals surface area contributed by atoms with E-state index < -0.39 is 0 Å². The highest BCUT2D eigenvalue weighted by Crippen LogP contribution is 2.41. The van der Waals surface area contributed by atoms with Crippen LogP contribution in [0.4, 0.5) is 0 Å². The zero-order valence-corrected chi connectivity index (χ0v) is 16.2. The summed E-state index contributed by atoms with van der Waals surface area (Å²) in [5.74, 6) is 2.43. The predicted octanol–water partition coefficient (Wildman–Crippen LogP) is 5.58. The molecular formula is C23H21N3O2. The van der Waals surface area contributed by atoms with Gasteiger partial charge in [0.1, 0.15) is 11.6 Å². The molecule has 1 fully saturated rings. The first-order valence-corrected chi connectivity index (χ1v) is 9.59. The van der Waals surface area contributed by atoms with E-state index in [2.05, 4.69) is 22.3 Å². The molecule has 2 aromatic carbocycles. The number of aryl methyl sites for hydroxylation is 2. The lowest BCUT2D eigenvalue weighted by molar-refractivity contribution is 0.101. The Balaban J connectivity index is 1.78. The van der Waals surface area contributed by atoms with Crippen molar-refractivity contribution in [2.24, 2.45) is 0 Å². The molecule has 0 saturated heterocycles. The Morgan fingerprint density at radius 1 is 1.14 bits per heavy atom. The summed E-state index contributed by atoms with van der Waals surface area (Å²) in [6.45, 7) is 5.47. The molecule has 0 atom stereocenters. The Morgan fingerprint density at radius 3 is 2.64 bits per heavy atom. The summed E-state index contributed by atoms with van der Waals surface area (Å²) >= 11 is 0. The average Bonchev–Trinajstić information content (AvgIpc) is 3.36. The number of hydrogen-bond acceptors (Lipinski definition) is 4. The third kappa shape index (κ3) is 2.74. The van der Waals surface area contributed by atoms with E-state index in [1.54, 1.807) is 6.92 Å². The van der Waals surface area contributed by atoms with Crippen molar-refractivity contribution in [1.29, 1.82) is 0 Å². The highest BCUT2D eigenvalue weighted by molar-refractivity contribution is 5.99. The largest absolute Gasteiger partial charge is 0.361 e. The summed E-state index contributed by atoms with van der Waals surface area (Å²) < 4.78 is 5.39. The molecule has 0 unspecified atom stereocenters. The SMILES string of the molecule is CC(=O)c1cccc(-c2cc(-c3c(C)noc3C)cc3[nH]c(C4CC4)nc23)c1. The number of carbonyl (C=O) groups is 1. The lowest BCUT2D eigenvalue weighted by Gasteiger charge is -2.08. The van der Waals surface area contributed by atoms with Gasteiger partial charge >= 0.3 is 0 Å². The number of H-pyrrole nitrogens is 1. The number of aromatic amines is 1. The van der Waals surface area contributed by atoms with Crippen molar-refractivity contribution in [3.63, 3.8) is 0 Å². The fraction of sp³-hybridized carbons (Fsp3) is 0.261. The van der Waals surface area contributed by atoms with Crippen LogP contribution in [0, 0.1) is 13.8 Å². The quantitative estimate of drug-likeness (QED) is 0.475. The normalized spacial score (nSPS) is 14.0. The van der Waals surface area contributed by atoms with Crippen molar-refractivity contribution >= 4 is 16.8 Å². The van der Waals surface area contributed by atoms with Crippen LogP contribution in [0.2, 0.25) is 0 Å². The van der Waals surface area contributed by atoms with Crippen LogP contribution >= 0.6 is 0 Å². The third-order valence-corrected chi connectivity index (χ3v) is 5.47. The number of benzene rings is 2. The van der Waals surface area contributed by atoms with Gasteiger partial charge in [0.15, 0.2) is 5.78 Å². The van der Waals surface area contributed by atoms with Gasteiger partial charge in [0, 0.05) is 22.6 Å². The molecule has 0 aliphatic heterocycles. The van der Waals surface area contributed by atoms with Gasteiger partial charge in [-0.05, 0) is 62.9 Å². The first kappa shape index (κ1) is 16.9. The molecule has 5 rings (SSSR count). The number of hydrogen-bond donors (Lipinski definition) is 1. The first-order chi connectivity index (χ1) is 13.5. The molecule has 1 aliphatic carbocycles. The van der Waals surface area contributed by atoms with Crippen molar-refractivity contribution in [2.75, 3.05) is 0 Å². The molecule has 5 nitrogen and oxygen atoms in total. The second kappa shape index (κ2) is 6.16. The minimum atomic E-state index is 0.0562. The molecular weight excluding hydrogens is 350 g/mol. The number of carbonyl (C=O) groups excluding carboxylic acids is 1. The smallest absolute Gasteiger partial charge is 0.159 e. The molecule has 140 valence electrons. The zero-order valence-electron chi connectivity index (χ0n) is 16.2. The van der Waals surface area contributed by atoms with E-state index in [0.717, 1.165) is 50.6 Å². The van der Waals surface area contributed by atoms with E-state index in [9.17, 15) is 4.79 Å². The van der Waals surface area contributed by atoms with Crippen LogP contribution in [0.15, 0.2) is 40.9 Å². The van der Waals surface area contributed by atoms with E-state index in [1.807, 2.05) is 38.1 Å². The van der Waals surface area contributed by atoms with E-state index in [-0.39, 0.29) is 5.78 Å². The highest BCUT2D eigenvalue weighted by Gasteiger charge is 2.28. The van der Waals surface area contributed by atoms with Gasteiger partial charge in [0.05, 0.1) is 16.7 Å². The molecule has 0 amide bonds. The van der Waals surface area contributed by atoms with Crippen molar-refractivity contribution in [1.82, 2.24) is 15.1 Å². The van der Waals surface area contributed by atoms with Gasteiger partial charge < -0.3 is 9.51 Å². The van der Waals surface area contributed by atoms with Gasteiger partial charge in [-0.2, -0.15) is 0 Å². The maximum atomic E-state index is 11.9. The van der Waals surface area contributed by atoms with Gasteiger partial charge in [0.25, 0.3) is 0 Å². The molecule has 1 aliphatic rings. The van der Waals surface area contributed by atoms with Crippen LogP contribution in [0.1, 0.15) is 53.3 Å². The van der Waals surface area contributed by atoms with E-state index >= 15 is 0 Å². The molecule has 1 saturated carbocycles. The third-order valence-electron chi connectivity index (χ3n) is 5.47. The van der Waals surface area contributed by atoms with Crippen LogP contribution in [-0.2, 0) is 0 Å². The topological polar surface area (TPSA) is 71.8 Å². The number of nitrogens with one attached hydrogen (secondary N) is 1. The number of Topliss-reactive ketones (excluding diaryl/α,β-unsaturated/α-hetero) is 1. The molecule has 28 heavy (non-hydrogen) atoms. The molecule has 2 heterocycles. The lowest BCUT2D eigenvalue weighted by atomic mass is 9.95. The van der Waals surface area contributed by atoms with Crippen LogP contribution in [0.3, 0.4) is 0 Å². The van der Waals surface area contributed by atoms with Gasteiger partial charge in [-0.25, -0.2) is 4.98 Å². The van der Waals surface area contributed by atoms with Crippen LogP contribution in [0.5, 0.6) is 0 Å². The molecule has 4 aromatic rings. The van der Waals surface area contributed by atoms with Gasteiger partial charge in [-0.3, -0.25) is 4.79 Å². The summed E-state index contributed by atoms with van der Waals surface area (Å²) in [6, 6.07) is 12.0. The summed E-state index contributed by atoms with van der Waals surface area (Å²) in [5, 5.41) is 4.11. The van der Waals surface area contributed by atoms with Crippen LogP contribution in [-0.4, -0.2) is 20.9 Å². The Bertz CT molecular complexity index is 1210. The average molecular weight is 371 g/mol. The second-order valence-electron chi connectivity index (χ2n) is 7.65. The Kier molecular flexibility index (Phi) is 3.72. The highest BCUT2D eigenvalue weighted by atomic mass is 16.5. The molecule has 2 aromatic heterocycles. The van der Waals surface area contributed by atoms with E-state index in [4.69, 9.17) is 9.51 Å². The fourth-order valence-electron chi connectivity index (χ4n) is 3.85. The summed E-state index contributed by atoms with van der Waals surface area (Å²) in [5.41, 5.74) is 7.56. The molecule has 1 N–H and O–H groups in total. The van der Waals surface area contributed by atoms with Gasteiger partial charge in [0.2, 0.25) is 0 Å². The van der Waals surface area contributed by atoms with E-state index in [0.29, 0.717) is 11.5 Å². The van der Waals surface area contributed by atoms with Crippen molar-refractivity contribution < 1.29 is 9.32 Å². The zero-order chi connectivity index (χ0) is 19.4. The van der Waals surface area contributed by atoms with Crippen molar-refractivity contribution in [2.45, 2.75) is 39.5 Å². The fourth-order valence-corrected chi connectivity index (χ4v) is 3.85. The standard InChI is InChI=1S/C23H21N3O2/c1-12-21(14(3)28-26-12)18-10-19(17-6-4-5-16(9-17)13(2)27)22-20(11-18)24-23(25-22)15-7-8-15/h4-6,9-11,15H,7-8H2,1-3H3,(H,24,25). The number of ketones is 1. The number of imidazole rings is 1. The monoisotopic (exact) mass is 371 g/mol. The lowest BCUT2D eigenvalue weighted by Crippen LogP contribution is -1.93. The number of aromatic nitrogens is 3. The Labute approximate surface area is 162 Å². The van der Waals surface area contributed by atoms with Crippen molar-refractivity contribution in [3.8, 4) is 22.3 Å².